The first-order chi connectivity index (χ1) is 16.0. The highest BCUT2D eigenvalue weighted by Gasteiger charge is 2.31. The maximum absolute atomic E-state index is 13.4. The average molecular weight is 452 g/mol. The molecular formula is C26H30FN3O3. The van der Waals surface area contributed by atoms with Crippen molar-refractivity contribution in [2.45, 2.75) is 38.0 Å². The van der Waals surface area contributed by atoms with Crippen molar-refractivity contribution in [1.82, 2.24) is 14.5 Å². The molecule has 1 fully saturated rings. The molecule has 1 aromatic carbocycles. The van der Waals surface area contributed by atoms with E-state index in [1.165, 1.54) is 12.1 Å². The monoisotopic (exact) mass is 451 g/mol. The summed E-state index contributed by atoms with van der Waals surface area (Å²) >= 11 is 0. The predicted octanol–water partition coefficient (Wildman–Crippen LogP) is 4.32. The Balaban J connectivity index is 1.55. The van der Waals surface area contributed by atoms with Crippen LogP contribution in [0.2, 0.25) is 0 Å². The number of allylic oxidation sites excluding steroid dienone is 3. The average Bonchev–Trinajstić information content (AvgIpc) is 3.26. The molecule has 174 valence electrons. The molecule has 6 nitrogen and oxygen atoms in total. The molecule has 2 aliphatic rings. The van der Waals surface area contributed by atoms with Crippen LogP contribution < -0.4 is 0 Å². The summed E-state index contributed by atoms with van der Waals surface area (Å²) < 4.78 is 26.6. The maximum atomic E-state index is 13.4. The summed E-state index contributed by atoms with van der Waals surface area (Å²) in [4.78, 5) is 19.6. The van der Waals surface area contributed by atoms with Crippen molar-refractivity contribution >= 4 is 5.91 Å². The molecule has 7 heteroatoms. The SMILES string of the molecule is COC[C@@H](c1ccc(F)cc1)N1CCC/C(=C\C2=CC(OC)C(n3cnc(C)c3)C=C2)C1=O. The van der Waals surface area contributed by atoms with Crippen LogP contribution in [0.3, 0.4) is 0 Å². The molecule has 0 saturated carbocycles. The van der Waals surface area contributed by atoms with Gasteiger partial charge in [-0.1, -0.05) is 24.3 Å². The van der Waals surface area contributed by atoms with Gasteiger partial charge >= 0.3 is 0 Å². The second-order valence-corrected chi connectivity index (χ2v) is 8.47. The van der Waals surface area contributed by atoms with Crippen LogP contribution in [0.1, 0.15) is 36.2 Å². The number of carbonyl (C=O) groups is 1. The molecule has 2 aromatic rings. The van der Waals surface area contributed by atoms with Crippen molar-refractivity contribution in [2.24, 2.45) is 0 Å². The summed E-state index contributed by atoms with van der Waals surface area (Å²) in [6.07, 6.45) is 13.3. The van der Waals surface area contributed by atoms with E-state index < -0.39 is 0 Å². The molecule has 1 aliphatic carbocycles. The number of rotatable bonds is 7. The van der Waals surface area contributed by atoms with Gasteiger partial charge in [-0.2, -0.15) is 0 Å². The Morgan fingerprint density at radius 2 is 2.06 bits per heavy atom. The molecule has 1 saturated heterocycles. The van der Waals surface area contributed by atoms with Crippen LogP contribution in [0.4, 0.5) is 4.39 Å². The van der Waals surface area contributed by atoms with Crippen LogP contribution >= 0.6 is 0 Å². The standard InChI is InChI=1S/C26H30FN3O3/c1-18-15-29(17-28-18)23-11-6-19(14-25(23)33-3)13-21-5-4-12-30(26(21)31)24(16-32-2)20-7-9-22(27)10-8-20/h6-11,13-15,17,23-25H,4-5,12,16H2,1-3H3/b21-13+/t23?,24-,25?/m0/s1. The van der Waals surface area contributed by atoms with E-state index in [-0.39, 0.29) is 29.9 Å². The second kappa shape index (κ2) is 10.3. The third kappa shape index (κ3) is 5.15. The number of methoxy groups -OCH3 is 2. The van der Waals surface area contributed by atoms with Gasteiger partial charge in [0, 0.05) is 32.5 Å². The highest BCUT2D eigenvalue weighted by molar-refractivity contribution is 5.95. The summed E-state index contributed by atoms with van der Waals surface area (Å²) in [5, 5.41) is 0. The van der Waals surface area contributed by atoms with Gasteiger partial charge in [0.2, 0.25) is 5.91 Å². The minimum Gasteiger partial charge on any atom is -0.382 e. The topological polar surface area (TPSA) is 56.6 Å². The molecule has 4 rings (SSSR count). The van der Waals surface area contributed by atoms with Crippen molar-refractivity contribution in [2.75, 3.05) is 27.4 Å². The van der Waals surface area contributed by atoms with Crippen LogP contribution in [0.25, 0.3) is 0 Å². The summed E-state index contributed by atoms with van der Waals surface area (Å²) in [7, 11) is 3.30. The third-order valence-corrected chi connectivity index (χ3v) is 6.20. The van der Waals surface area contributed by atoms with Crippen LogP contribution in [-0.4, -0.2) is 53.8 Å². The number of hydrogen-bond donors (Lipinski definition) is 0. The van der Waals surface area contributed by atoms with Crippen LogP contribution in [-0.2, 0) is 14.3 Å². The molecule has 0 bridgehead atoms. The molecule has 2 heterocycles. The molecule has 2 unspecified atom stereocenters. The number of amides is 1. The van der Waals surface area contributed by atoms with Gasteiger partial charge < -0.3 is 18.9 Å². The fraction of sp³-hybridized carbons (Fsp3) is 0.385. The number of piperidine rings is 1. The minimum absolute atomic E-state index is 0.0109. The maximum Gasteiger partial charge on any atom is 0.250 e. The summed E-state index contributed by atoms with van der Waals surface area (Å²) in [5.41, 5.74) is 3.52. The highest BCUT2D eigenvalue weighted by Crippen LogP contribution is 2.31. The molecule has 1 aromatic heterocycles. The zero-order chi connectivity index (χ0) is 23.4. The van der Waals surface area contributed by atoms with Crippen molar-refractivity contribution in [1.29, 1.82) is 0 Å². The van der Waals surface area contributed by atoms with Gasteiger partial charge in [-0.25, -0.2) is 9.37 Å². The molecule has 33 heavy (non-hydrogen) atoms. The Morgan fingerprint density at radius 3 is 2.73 bits per heavy atom. The van der Waals surface area contributed by atoms with Crippen molar-refractivity contribution in [3.8, 4) is 0 Å². The smallest absolute Gasteiger partial charge is 0.250 e. The number of hydrogen-bond acceptors (Lipinski definition) is 4. The van der Waals surface area contributed by atoms with Crippen LogP contribution in [0, 0.1) is 12.7 Å². The largest absolute Gasteiger partial charge is 0.382 e. The lowest BCUT2D eigenvalue weighted by Gasteiger charge is -2.36. The van der Waals surface area contributed by atoms with Gasteiger partial charge in [-0.05, 0) is 55.2 Å². The Hall–Kier alpha value is -3.03. The van der Waals surface area contributed by atoms with E-state index in [1.54, 1.807) is 26.4 Å². The van der Waals surface area contributed by atoms with Gasteiger partial charge in [0.15, 0.2) is 0 Å². The van der Waals surface area contributed by atoms with Gasteiger partial charge in [-0.15, -0.1) is 0 Å². The van der Waals surface area contributed by atoms with E-state index in [0.717, 1.165) is 28.8 Å². The van der Waals surface area contributed by atoms with E-state index in [2.05, 4.69) is 11.1 Å². The number of aromatic nitrogens is 2. The van der Waals surface area contributed by atoms with Gasteiger partial charge in [0.25, 0.3) is 0 Å². The molecule has 0 spiro atoms. The Bertz CT molecular complexity index is 1070. The van der Waals surface area contributed by atoms with E-state index in [4.69, 9.17) is 9.47 Å². The zero-order valence-electron chi connectivity index (χ0n) is 19.3. The van der Waals surface area contributed by atoms with E-state index >= 15 is 0 Å². The molecule has 0 N–H and O–H groups in total. The summed E-state index contributed by atoms with van der Waals surface area (Å²) in [5.74, 6) is -0.309. The lowest BCUT2D eigenvalue weighted by Crippen LogP contribution is -2.41. The summed E-state index contributed by atoms with van der Waals surface area (Å²) in [6.45, 7) is 2.95. The number of nitrogens with zero attached hydrogens (tertiary/aromatic N) is 3. The number of halogens is 1. The minimum atomic E-state index is -0.298. The number of aryl methyl sites for hydroxylation is 1. The molecular weight excluding hydrogens is 421 g/mol. The first kappa shape index (κ1) is 23.1. The number of benzene rings is 1. The zero-order valence-corrected chi connectivity index (χ0v) is 19.3. The van der Waals surface area contributed by atoms with E-state index in [1.807, 2.05) is 47.1 Å². The van der Waals surface area contributed by atoms with Crippen LogP contribution in [0.15, 0.2) is 72.2 Å². The molecule has 0 radical (unpaired) electrons. The van der Waals surface area contributed by atoms with Crippen molar-refractivity contribution < 1.29 is 18.7 Å². The number of carbonyl (C=O) groups excluding carboxylic acids is 1. The molecule has 1 amide bonds. The predicted molar refractivity (Wildman–Crippen MR) is 124 cm³/mol. The fourth-order valence-electron chi connectivity index (χ4n) is 4.51. The van der Waals surface area contributed by atoms with Crippen LogP contribution in [0.5, 0.6) is 0 Å². The third-order valence-electron chi connectivity index (χ3n) is 6.20. The number of likely N-dealkylation sites (tertiary alicyclic amines) is 1. The lowest BCUT2D eigenvalue weighted by atomic mass is 9.94. The van der Waals surface area contributed by atoms with Gasteiger partial charge in [0.05, 0.1) is 30.7 Å². The normalized spacial score (nSPS) is 23.2. The van der Waals surface area contributed by atoms with Crippen molar-refractivity contribution in [3.05, 3.63) is 89.3 Å². The van der Waals surface area contributed by atoms with E-state index in [0.29, 0.717) is 19.6 Å². The van der Waals surface area contributed by atoms with Gasteiger partial charge in [0.1, 0.15) is 11.9 Å². The summed E-state index contributed by atoms with van der Waals surface area (Å²) in [6, 6.07) is 6.04. The fourth-order valence-corrected chi connectivity index (χ4v) is 4.51. The quantitative estimate of drug-likeness (QED) is 0.589. The van der Waals surface area contributed by atoms with Crippen molar-refractivity contribution in [3.63, 3.8) is 0 Å². The Morgan fingerprint density at radius 1 is 1.27 bits per heavy atom. The Kier molecular flexibility index (Phi) is 7.20. The lowest BCUT2D eigenvalue weighted by molar-refractivity contribution is -0.132. The molecule has 1 aliphatic heterocycles. The van der Waals surface area contributed by atoms with Gasteiger partial charge in [-0.3, -0.25) is 4.79 Å². The number of imidazole rings is 1. The number of ether oxygens (including phenoxy) is 2. The first-order valence-corrected chi connectivity index (χ1v) is 11.2. The van der Waals surface area contributed by atoms with E-state index in [9.17, 15) is 9.18 Å². The molecule has 3 atom stereocenters. The Labute approximate surface area is 194 Å². The second-order valence-electron chi connectivity index (χ2n) is 8.47. The highest BCUT2D eigenvalue weighted by atomic mass is 19.1. The first-order valence-electron chi connectivity index (χ1n) is 11.2.